The van der Waals surface area contributed by atoms with Crippen molar-refractivity contribution in [1.29, 1.82) is 0 Å². The Bertz CT molecular complexity index is 848. The van der Waals surface area contributed by atoms with Crippen LogP contribution >= 0.6 is 0 Å². The van der Waals surface area contributed by atoms with Gasteiger partial charge in [0.2, 0.25) is 11.9 Å². The van der Waals surface area contributed by atoms with E-state index in [-0.39, 0.29) is 17.5 Å². The van der Waals surface area contributed by atoms with E-state index in [1.807, 2.05) is 38.2 Å². The number of likely N-dealkylation sites (N-methyl/N-ethyl adjacent to an activating group) is 1. The second-order valence-electron chi connectivity index (χ2n) is 7.02. The summed E-state index contributed by atoms with van der Waals surface area (Å²) in [5.41, 5.74) is 7.79. The van der Waals surface area contributed by atoms with Crippen LogP contribution in [0.3, 0.4) is 0 Å². The Hall–Kier alpha value is -2.94. The summed E-state index contributed by atoms with van der Waals surface area (Å²) >= 11 is 0. The molecule has 26 heavy (non-hydrogen) atoms. The van der Waals surface area contributed by atoms with Gasteiger partial charge < -0.3 is 21.3 Å². The maximum absolute atomic E-state index is 11.7. The first kappa shape index (κ1) is 16.5. The van der Waals surface area contributed by atoms with Crippen molar-refractivity contribution in [2.75, 3.05) is 37.7 Å². The van der Waals surface area contributed by atoms with Gasteiger partial charge in [-0.25, -0.2) is 4.79 Å². The molecule has 0 atom stereocenters. The number of urea groups is 1. The number of carbonyl (C=O) groups is 1. The Morgan fingerprint density at radius 3 is 2.81 bits per heavy atom. The van der Waals surface area contributed by atoms with Gasteiger partial charge in [-0.05, 0) is 24.6 Å². The molecule has 2 saturated heterocycles. The predicted molar refractivity (Wildman–Crippen MR) is 97.9 cm³/mol. The number of aryl methyl sites for hydroxylation is 1. The molecule has 0 bridgehead atoms. The van der Waals surface area contributed by atoms with Crippen LogP contribution in [0.15, 0.2) is 24.3 Å². The van der Waals surface area contributed by atoms with E-state index < -0.39 is 0 Å². The maximum Gasteiger partial charge on any atom is 0.317 e. The highest BCUT2D eigenvalue weighted by Crippen LogP contribution is 2.30. The molecule has 2 fully saturated rings. The summed E-state index contributed by atoms with van der Waals surface area (Å²) in [5.74, 6) is 1.24. The van der Waals surface area contributed by atoms with Gasteiger partial charge in [0.1, 0.15) is 5.82 Å². The standard InChI is InChI=1S/C17H22N8O/c1-11-4-3-5-12(6-11)20-15-22-13(21-14(18)23-15)7-25-9-17(10-25)8-19-16(26)24(17)2/h3-6H,7-10H2,1-2H3,(H,19,26)(H3,18,20,21,22,23). The van der Waals surface area contributed by atoms with Crippen LogP contribution in [0, 0.1) is 6.92 Å². The third-order valence-corrected chi connectivity index (χ3v) is 4.96. The lowest BCUT2D eigenvalue weighted by Gasteiger charge is -2.50. The number of hydrogen-bond donors (Lipinski definition) is 3. The van der Waals surface area contributed by atoms with Crippen molar-refractivity contribution < 1.29 is 4.79 Å². The molecule has 0 aliphatic carbocycles. The van der Waals surface area contributed by atoms with Crippen LogP contribution in [-0.2, 0) is 6.54 Å². The molecule has 1 aromatic carbocycles. The molecule has 0 saturated carbocycles. The first-order valence-corrected chi connectivity index (χ1v) is 8.52. The van der Waals surface area contributed by atoms with Gasteiger partial charge in [-0.3, -0.25) is 4.90 Å². The quantitative estimate of drug-likeness (QED) is 0.741. The van der Waals surface area contributed by atoms with Crippen LogP contribution in [0.1, 0.15) is 11.4 Å². The molecule has 3 heterocycles. The Kier molecular flexibility index (Phi) is 3.87. The summed E-state index contributed by atoms with van der Waals surface area (Å²) < 4.78 is 0. The molecule has 1 spiro atoms. The van der Waals surface area contributed by atoms with E-state index in [9.17, 15) is 4.79 Å². The van der Waals surface area contributed by atoms with Gasteiger partial charge in [0.05, 0.1) is 12.1 Å². The van der Waals surface area contributed by atoms with E-state index in [0.29, 0.717) is 24.9 Å². The summed E-state index contributed by atoms with van der Waals surface area (Å²) in [6.07, 6.45) is 0. The van der Waals surface area contributed by atoms with Crippen molar-refractivity contribution >= 4 is 23.6 Å². The van der Waals surface area contributed by atoms with Crippen LogP contribution < -0.4 is 16.4 Å². The number of benzene rings is 1. The minimum Gasteiger partial charge on any atom is -0.368 e. The number of nitrogens with two attached hydrogens (primary N) is 1. The van der Waals surface area contributed by atoms with E-state index >= 15 is 0 Å². The second kappa shape index (κ2) is 6.10. The summed E-state index contributed by atoms with van der Waals surface area (Å²) in [6.45, 7) is 4.85. The molecule has 9 heteroatoms. The largest absolute Gasteiger partial charge is 0.368 e. The number of anilines is 3. The predicted octanol–water partition coefficient (Wildman–Crippen LogP) is 0.715. The number of rotatable bonds is 4. The fraction of sp³-hybridized carbons (Fsp3) is 0.412. The summed E-state index contributed by atoms with van der Waals surface area (Å²) in [4.78, 5) is 28.5. The normalized spacial score (nSPS) is 18.7. The van der Waals surface area contributed by atoms with Crippen LogP contribution in [0.4, 0.5) is 22.4 Å². The molecular weight excluding hydrogens is 332 g/mol. The van der Waals surface area contributed by atoms with Crippen molar-refractivity contribution in [3.8, 4) is 0 Å². The SMILES string of the molecule is Cc1cccc(Nc2nc(N)nc(CN3CC4(CNC(=O)N4C)C3)n2)c1. The van der Waals surface area contributed by atoms with E-state index in [2.05, 4.69) is 30.5 Å². The smallest absolute Gasteiger partial charge is 0.317 e. The van der Waals surface area contributed by atoms with Gasteiger partial charge >= 0.3 is 6.03 Å². The number of carbonyl (C=O) groups excluding carboxylic acids is 1. The number of likely N-dealkylation sites (tertiary alicyclic amines) is 1. The number of amides is 2. The fourth-order valence-corrected chi connectivity index (χ4v) is 3.53. The van der Waals surface area contributed by atoms with Gasteiger partial charge in [0.15, 0.2) is 0 Å². The summed E-state index contributed by atoms with van der Waals surface area (Å²) in [5, 5.41) is 6.06. The first-order chi connectivity index (χ1) is 12.4. The van der Waals surface area contributed by atoms with Crippen molar-refractivity contribution in [3.05, 3.63) is 35.7 Å². The zero-order valence-corrected chi connectivity index (χ0v) is 14.9. The zero-order valence-electron chi connectivity index (χ0n) is 14.9. The molecule has 0 radical (unpaired) electrons. The van der Waals surface area contributed by atoms with E-state index in [0.717, 1.165) is 24.3 Å². The average molecular weight is 354 g/mol. The molecule has 2 aliphatic heterocycles. The lowest BCUT2D eigenvalue weighted by Crippen LogP contribution is -2.68. The lowest BCUT2D eigenvalue weighted by atomic mass is 9.89. The van der Waals surface area contributed by atoms with Crippen LogP contribution in [0.2, 0.25) is 0 Å². The van der Waals surface area contributed by atoms with Crippen molar-refractivity contribution in [3.63, 3.8) is 0 Å². The Morgan fingerprint density at radius 2 is 2.12 bits per heavy atom. The third-order valence-electron chi connectivity index (χ3n) is 4.96. The minimum atomic E-state index is -0.113. The van der Waals surface area contributed by atoms with Gasteiger partial charge in [0.25, 0.3) is 0 Å². The molecule has 9 nitrogen and oxygen atoms in total. The number of nitrogens with one attached hydrogen (secondary N) is 2. The summed E-state index contributed by atoms with van der Waals surface area (Å²) in [6, 6.07) is 7.94. The summed E-state index contributed by atoms with van der Waals surface area (Å²) in [7, 11) is 1.84. The van der Waals surface area contributed by atoms with Gasteiger partial charge in [-0.1, -0.05) is 12.1 Å². The van der Waals surface area contributed by atoms with Gasteiger partial charge in [-0.2, -0.15) is 15.0 Å². The van der Waals surface area contributed by atoms with E-state index in [1.54, 1.807) is 4.90 Å². The lowest BCUT2D eigenvalue weighted by molar-refractivity contribution is -0.00258. The van der Waals surface area contributed by atoms with Crippen LogP contribution in [0.5, 0.6) is 0 Å². The fourth-order valence-electron chi connectivity index (χ4n) is 3.53. The number of nitrogen functional groups attached to an aromatic ring is 1. The second-order valence-corrected chi connectivity index (χ2v) is 7.02. The third kappa shape index (κ3) is 3.01. The van der Waals surface area contributed by atoms with Crippen LogP contribution in [-0.4, -0.2) is 63.0 Å². The monoisotopic (exact) mass is 354 g/mol. The maximum atomic E-state index is 11.7. The Labute approximate surface area is 151 Å². The van der Waals surface area contributed by atoms with E-state index in [4.69, 9.17) is 5.73 Å². The van der Waals surface area contributed by atoms with Crippen LogP contribution in [0.25, 0.3) is 0 Å². The highest BCUT2D eigenvalue weighted by atomic mass is 16.2. The minimum absolute atomic E-state index is 0.0151. The first-order valence-electron chi connectivity index (χ1n) is 8.52. The van der Waals surface area contributed by atoms with Crippen molar-refractivity contribution in [1.82, 2.24) is 30.1 Å². The Balaban J connectivity index is 1.43. The van der Waals surface area contributed by atoms with Crippen molar-refractivity contribution in [2.45, 2.75) is 19.0 Å². The van der Waals surface area contributed by atoms with Gasteiger partial charge in [0, 0.05) is 32.4 Å². The van der Waals surface area contributed by atoms with Gasteiger partial charge in [-0.15, -0.1) is 0 Å². The molecule has 0 unspecified atom stereocenters. The highest BCUT2D eigenvalue weighted by molar-refractivity contribution is 5.78. The molecule has 136 valence electrons. The Morgan fingerprint density at radius 1 is 1.31 bits per heavy atom. The number of nitrogens with zero attached hydrogens (tertiary/aromatic N) is 5. The molecule has 2 aliphatic rings. The zero-order chi connectivity index (χ0) is 18.3. The molecule has 4 N–H and O–H groups in total. The van der Waals surface area contributed by atoms with E-state index in [1.165, 1.54) is 0 Å². The molecular formula is C17H22N8O. The topological polar surface area (TPSA) is 112 Å². The average Bonchev–Trinajstić information content (AvgIpc) is 2.83. The molecule has 2 aromatic rings. The highest BCUT2D eigenvalue weighted by Gasteiger charge is 2.51. The molecule has 4 rings (SSSR count). The molecule has 1 aromatic heterocycles. The molecule has 2 amide bonds. The van der Waals surface area contributed by atoms with Crippen molar-refractivity contribution in [2.24, 2.45) is 0 Å². The number of hydrogen-bond acceptors (Lipinski definition) is 7. The number of aromatic nitrogens is 3.